The molecular formula is C12H16O6. The molecule has 100 valence electrons. The van der Waals surface area contributed by atoms with E-state index in [0.29, 0.717) is 5.75 Å². The van der Waals surface area contributed by atoms with Crippen molar-refractivity contribution in [1.82, 2.24) is 0 Å². The van der Waals surface area contributed by atoms with Crippen molar-refractivity contribution in [3.63, 3.8) is 0 Å². The molecule has 0 fully saturated rings. The highest BCUT2D eigenvalue weighted by Gasteiger charge is 2.20. The summed E-state index contributed by atoms with van der Waals surface area (Å²) in [6.07, 6.45) is -1.72. The second-order valence-corrected chi connectivity index (χ2v) is 3.22. The molecule has 0 bridgehead atoms. The van der Waals surface area contributed by atoms with E-state index < -0.39 is 24.5 Å². The second kappa shape index (κ2) is 9.00. The molecule has 18 heavy (non-hydrogen) atoms. The van der Waals surface area contributed by atoms with Crippen molar-refractivity contribution in [2.24, 2.45) is 0 Å². The number of phenolic OH excluding ortho intramolecular Hbond substituents is 1. The predicted molar refractivity (Wildman–Crippen MR) is 63.4 cm³/mol. The molecule has 1 aromatic rings. The minimum atomic E-state index is -1.24. The summed E-state index contributed by atoms with van der Waals surface area (Å²) in [6.45, 7) is 1.81. The quantitative estimate of drug-likeness (QED) is 0.734. The zero-order valence-electron chi connectivity index (χ0n) is 9.94. The summed E-state index contributed by atoms with van der Waals surface area (Å²) >= 11 is 0. The Hall–Kier alpha value is -2.08. The molecule has 0 aromatic heterocycles. The first-order chi connectivity index (χ1) is 8.47. The fourth-order valence-corrected chi connectivity index (χ4v) is 1.01. The van der Waals surface area contributed by atoms with Crippen molar-refractivity contribution in [1.29, 1.82) is 0 Å². The molecule has 0 heterocycles. The fraction of sp³-hybridized carbons (Fsp3) is 0.333. The Balaban J connectivity index is 0.000000351. The molecule has 1 atom stereocenters. The molecule has 0 amide bonds. The lowest BCUT2D eigenvalue weighted by Gasteiger charge is -2.08. The van der Waals surface area contributed by atoms with Gasteiger partial charge in [0, 0.05) is 6.61 Å². The van der Waals surface area contributed by atoms with Crippen LogP contribution in [0.25, 0.3) is 0 Å². The molecule has 0 spiro atoms. The Morgan fingerprint density at radius 1 is 1.22 bits per heavy atom. The summed E-state index contributed by atoms with van der Waals surface area (Å²) in [5.74, 6) is -2.09. The van der Waals surface area contributed by atoms with Gasteiger partial charge < -0.3 is 20.1 Å². The average molecular weight is 256 g/mol. The first-order valence-corrected chi connectivity index (χ1v) is 5.27. The summed E-state index contributed by atoms with van der Waals surface area (Å²) in [4.78, 5) is 20.3. The van der Waals surface area contributed by atoms with Crippen LogP contribution in [-0.2, 0) is 14.3 Å². The van der Waals surface area contributed by atoms with Crippen LogP contribution in [0.3, 0.4) is 0 Å². The lowest BCUT2D eigenvalue weighted by Crippen LogP contribution is -2.26. The Morgan fingerprint density at radius 3 is 2.06 bits per heavy atom. The van der Waals surface area contributed by atoms with Gasteiger partial charge in [-0.25, -0.2) is 4.79 Å². The van der Waals surface area contributed by atoms with Crippen molar-refractivity contribution in [2.45, 2.75) is 19.4 Å². The molecule has 0 aliphatic heterocycles. The molecule has 1 unspecified atom stereocenters. The van der Waals surface area contributed by atoms with E-state index in [4.69, 9.17) is 15.3 Å². The Kier molecular flexibility index (Phi) is 7.96. The predicted octanol–water partition coefficient (Wildman–Crippen LogP) is 1.34. The zero-order valence-corrected chi connectivity index (χ0v) is 9.94. The third-order valence-electron chi connectivity index (χ3n) is 1.76. The highest BCUT2D eigenvalue weighted by Crippen LogP contribution is 2.02. The first-order valence-electron chi connectivity index (χ1n) is 5.27. The summed E-state index contributed by atoms with van der Waals surface area (Å²) in [5.41, 5.74) is 0. The van der Waals surface area contributed by atoms with Gasteiger partial charge in [-0.3, -0.25) is 4.79 Å². The molecule has 0 radical (unpaired) electrons. The maximum absolute atomic E-state index is 10.2. The van der Waals surface area contributed by atoms with Crippen LogP contribution in [0, 0.1) is 0 Å². The van der Waals surface area contributed by atoms with Crippen LogP contribution >= 0.6 is 0 Å². The smallest absolute Gasteiger partial charge is 0.333 e. The van der Waals surface area contributed by atoms with E-state index in [1.54, 1.807) is 31.2 Å². The van der Waals surface area contributed by atoms with Gasteiger partial charge in [0.1, 0.15) is 5.75 Å². The summed E-state index contributed by atoms with van der Waals surface area (Å²) in [5, 5.41) is 25.2. The van der Waals surface area contributed by atoms with Crippen LogP contribution < -0.4 is 0 Å². The lowest BCUT2D eigenvalue weighted by atomic mass is 10.2. The third-order valence-corrected chi connectivity index (χ3v) is 1.76. The van der Waals surface area contributed by atoms with Crippen LogP contribution in [0.5, 0.6) is 5.75 Å². The average Bonchev–Trinajstić information content (AvgIpc) is 2.29. The second-order valence-electron chi connectivity index (χ2n) is 3.22. The van der Waals surface area contributed by atoms with Crippen molar-refractivity contribution in [3.05, 3.63) is 30.3 Å². The van der Waals surface area contributed by atoms with E-state index in [1.165, 1.54) is 0 Å². The van der Waals surface area contributed by atoms with Gasteiger partial charge >= 0.3 is 11.9 Å². The maximum atomic E-state index is 10.2. The number of aliphatic carboxylic acids is 2. The highest BCUT2D eigenvalue weighted by atomic mass is 16.5. The van der Waals surface area contributed by atoms with Gasteiger partial charge in [-0.15, -0.1) is 0 Å². The minimum Gasteiger partial charge on any atom is -0.508 e. The summed E-state index contributed by atoms with van der Waals surface area (Å²) in [7, 11) is 0. The number of hydrogen-bond donors (Lipinski definition) is 3. The molecule has 0 saturated heterocycles. The van der Waals surface area contributed by atoms with E-state index in [9.17, 15) is 9.59 Å². The van der Waals surface area contributed by atoms with Crippen LogP contribution in [0.15, 0.2) is 30.3 Å². The standard InChI is InChI=1S/C6H10O5.C6H6O/c1-2-11-4(6(9)10)3-5(7)8;7-6-4-2-1-3-5-6/h4H,2-3H2,1H3,(H,7,8)(H,9,10);1-5,7H. The molecule has 0 aliphatic carbocycles. The van der Waals surface area contributed by atoms with Crippen molar-refractivity contribution in [3.8, 4) is 5.75 Å². The molecular weight excluding hydrogens is 240 g/mol. The van der Waals surface area contributed by atoms with Crippen LogP contribution in [0.1, 0.15) is 13.3 Å². The topological polar surface area (TPSA) is 104 Å². The normalized spacial score (nSPS) is 10.9. The van der Waals surface area contributed by atoms with Gasteiger partial charge in [-0.05, 0) is 19.1 Å². The number of phenols is 1. The van der Waals surface area contributed by atoms with Crippen LogP contribution in [-0.4, -0.2) is 40.0 Å². The van der Waals surface area contributed by atoms with Gasteiger partial charge in [-0.2, -0.15) is 0 Å². The molecule has 0 saturated carbocycles. The number of carbonyl (C=O) groups is 2. The molecule has 0 aliphatic rings. The number of carboxylic acid groups (broad SMARTS) is 2. The number of para-hydroxylation sites is 1. The molecule has 3 N–H and O–H groups in total. The van der Waals surface area contributed by atoms with Crippen LogP contribution in [0.2, 0.25) is 0 Å². The SMILES string of the molecule is CCOC(CC(=O)O)C(=O)O.Oc1ccccc1. The van der Waals surface area contributed by atoms with Crippen molar-refractivity contribution in [2.75, 3.05) is 6.61 Å². The number of hydrogen-bond acceptors (Lipinski definition) is 4. The van der Waals surface area contributed by atoms with Gasteiger partial charge in [0.2, 0.25) is 0 Å². The highest BCUT2D eigenvalue weighted by molar-refractivity contribution is 5.79. The first kappa shape index (κ1) is 15.9. The maximum Gasteiger partial charge on any atom is 0.333 e. The molecule has 6 nitrogen and oxygen atoms in total. The van der Waals surface area contributed by atoms with E-state index in [0.717, 1.165) is 0 Å². The molecule has 1 rings (SSSR count). The lowest BCUT2D eigenvalue weighted by molar-refractivity contribution is -0.156. The number of benzene rings is 1. The van der Waals surface area contributed by atoms with Gasteiger partial charge in [0.15, 0.2) is 6.10 Å². The van der Waals surface area contributed by atoms with Crippen molar-refractivity contribution < 1.29 is 29.6 Å². The Bertz CT molecular complexity index is 362. The Labute approximate surface area is 104 Å². The number of carboxylic acids is 2. The van der Waals surface area contributed by atoms with Crippen LogP contribution in [0.4, 0.5) is 0 Å². The van der Waals surface area contributed by atoms with Gasteiger partial charge in [-0.1, -0.05) is 18.2 Å². The molecule has 1 aromatic carbocycles. The van der Waals surface area contributed by atoms with Gasteiger partial charge in [0.25, 0.3) is 0 Å². The summed E-state index contributed by atoms with van der Waals surface area (Å²) < 4.78 is 4.63. The number of rotatable bonds is 5. The fourth-order valence-electron chi connectivity index (χ4n) is 1.01. The van der Waals surface area contributed by atoms with E-state index in [-0.39, 0.29) is 6.61 Å². The molecule has 6 heteroatoms. The third kappa shape index (κ3) is 8.12. The number of ether oxygens (including phenoxy) is 1. The number of aromatic hydroxyl groups is 1. The van der Waals surface area contributed by atoms with E-state index in [1.807, 2.05) is 6.07 Å². The Morgan fingerprint density at radius 2 is 1.78 bits per heavy atom. The van der Waals surface area contributed by atoms with E-state index >= 15 is 0 Å². The monoisotopic (exact) mass is 256 g/mol. The minimum absolute atomic E-state index is 0.199. The van der Waals surface area contributed by atoms with Gasteiger partial charge in [0.05, 0.1) is 6.42 Å². The largest absolute Gasteiger partial charge is 0.508 e. The van der Waals surface area contributed by atoms with E-state index in [2.05, 4.69) is 4.74 Å². The summed E-state index contributed by atoms with van der Waals surface area (Å²) in [6, 6.07) is 8.71. The zero-order chi connectivity index (χ0) is 14.0. The van der Waals surface area contributed by atoms with Crippen molar-refractivity contribution >= 4 is 11.9 Å².